The molecule has 21 heavy (non-hydrogen) atoms. The van der Waals surface area contributed by atoms with Crippen LogP contribution in [0.15, 0.2) is 0 Å². The van der Waals surface area contributed by atoms with Crippen LogP contribution in [0.25, 0.3) is 0 Å². The Bertz CT molecular complexity index is 399. The molecule has 0 aromatic heterocycles. The fourth-order valence-electron chi connectivity index (χ4n) is 7.71. The maximum Gasteiger partial charge on any atom is -0.0266 e. The zero-order valence-electron chi connectivity index (χ0n) is 14.7. The Kier molecular flexibility index (Phi) is 3.47. The topological polar surface area (TPSA) is 0 Å². The van der Waals surface area contributed by atoms with Gasteiger partial charge in [0.25, 0.3) is 0 Å². The minimum atomic E-state index is 0.721. The van der Waals surface area contributed by atoms with Crippen molar-refractivity contribution in [2.24, 2.45) is 40.4 Å². The monoisotopic (exact) mass is 288 g/mol. The van der Waals surface area contributed by atoms with E-state index in [9.17, 15) is 0 Å². The summed E-state index contributed by atoms with van der Waals surface area (Å²) in [5.41, 5.74) is 1.46. The summed E-state index contributed by atoms with van der Waals surface area (Å²) in [5.74, 6) is 5.41. The van der Waals surface area contributed by atoms with Crippen LogP contribution in [0, 0.1) is 40.4 Å². The second-order valence-corrected chi connectivity index (χ2v) is 9.79. The highest BCUT2D eigenvalue weighted by Crippen LogP contribution is 2.66. The lowest BCUT2D eigenvalue weighted by Gasteiger charge is -2.60. The summed E-state index contributed by atoms with van der Waals surface area (Å²) < 4.78 is 0. The van der Waals surface area contributed by atoms with Crippen LogP contribution in [0.1, 0.15) is 91.4 Å². The van der Waals surface area contributed by atoms with Crippen molar-refractivity contribution < 1.29 is 0 Å². The van der Waals surface area contributed by atoms with E-state index >= 15 is 0 Å². The smallest absolute Gasteiger partial charge is 0.0266 e. The van der Waals surface area contributed by atoms with Crippen molar-refractivity contribution in [1.29, 1.82) is 0 Å². The molecule has 4 saturated carbocycles. The van der Waals surface area contributed by atoms with Gasteiger partial charge in [-0.05, 0) is 98.2 Å². The first-order valence-electron chi connectivity index (χ1n) is 10.1. The fourth-order valence-corrected chi connectivity index (χ4v) is 7.71. The number of hydrogen-bond donors (Lipinski definition) is 0. The molecule has 0 aliphatic heterocycles. The summed E-state index contributed by atoms with van der Waals surface area (Å²) in [7, 11) is 0. The molecular weight excluding hydrogens is 252 g/mol. The van der Waals surface area contributed by atoms with Gasteiger partial charge in [-0.1, -0.05) is 33.6 Å². The minimum absolute atomic E-state index is 0.721. The van der Waals surface area contributed by atoms with Crippen molar-refractivity contribution in [2.75, 3.05) is 0 Å². The predicted molar refractivity (Wildman–Crippen MR) is 90.1 cm³/mol. The third kappa shape index (κ3) is 2.07. The van der Waals surface area contributed by atoms with Crippen molar-refractivity contribution in [1.82, 2.24) is 0 Å². The lowest BCUT2D eigenvalue weighted by Crippen LogP contribution is -2.52. The SMILES string of the molecule is CCC1CC[C@@]2(C)[C@@H](CC[C@H]3[C@@H]4CCC[C@@]4(C)CC[C@@H]32)C1. The Morgan fingerprint density at radius 1 is 0.857 bits per heavy atom. The molecule has 0 heteroatoms. The molecule has 0 bridgehead atoms. The normalized spacial score (nSPS) is 56.4. The molecule has 1 unspecified atom stereocenters. The third-order valence-electron chi connectivity index (χ3n) is 9.13. The van der Waals surface area contributed by atoms with Gasteiger partial charge in [-0.2, -0.15) is 0 Å². The first-order valence-corrected chi connectivity index (χ1v) is 10.1. The Balaban J connectivity index is 1.59. The lowest BCUT2D eigenvalue weighted by molar-refractivity contribution is -0.111. The van der Waals surface area contributed by atoms with Crippen molar-refractivity contribution in [2.45, 2.75) is 91.4 Å². The second-order valence-electron chi connectivity index (χ2n) is 9.79. The molecule has 0 amide bonds. The van der Waals surface area contributed by atoms with Crippen LogP contribution in [0.2, 0.25) is 0 Å². The van der Waals surface area contributed by atoms with Crippen LogP contribution < -0.4 is 0 Å². The number of rotatable bonds is 1. The molecule has 7 atom stereocenters. The van der Waals surface area contributed by atoms with Crippen molar-refractivity contribution in [3.63, 3.8) is 0 Å². The Morgan fingerprint density at radius 2 is 1.71 bits per heavy atom. The van der Waals surface area contributed by atoms with Crippen LogP contribution in [-0.2, 0) is 0 Å². The average Bonchev–Trinajstić information content (AvgIpc) is 2.88. The predicted octanol–water partition coefficient (Wildman–Crippen LogP) is 6.45. The lowest BCUT2D eigenvalue weighted by atomic mass is 9.44. The molecule has 0 aromatic rings. The molecule has 4 aliphatic rings. The molecule has 0 saturated heterocycles. The molecular formula is C21H36. The standard InChI is InChI=1S/C21H36/c1-4-15-9-13-21(3)16(14-15)7-8-17-18-6-5-11-20(18,2)12-10-19(17)21/h15-19H,4-14H2,1-3H3/t15?,16-,17-,18-,19-,20-,21-/m0/s1. The zero-order valence-corrected chi connectivity index (χ0v) is 14.7. The van der Waals surface area contributed by atoms with E-state index < -0.39 is 0 Å². The van der Waals surface area contributed by atoms with E-state index in [1.54, 1.807) is 51.4 Å². The number of hydrogen-bond acceptors (Lipinski definition) is 0. The van der Waals surface area contributed by atoms with Crippen molar-refractivity contribution in [3.05, 3.63) is 0 Å². The van der Waals surface area contributed by atoms with Gasteiger partial charge in [-0.25, -0.2) is 0 Å². The van der Waals surface area contributed by atoms with Crippen LogP contribution in [-0.4, -0.2) is 0 Å². The highest BCUT2D eigenvalue weighted by Gasteiger charge is 2.57. The molecule has 0 aromatic carbocycles. The molecule has 0 N–H and O–H groups in total. The van der Waals surface area contributed by atoms with Crippen molar-refractivity contribution >= 4 is 0 Å². The van der Waals surface area contributed by atoms with E-state index in [0.29, 0.717) is 0 Å². The van der Waals surface area contributed by atoms with E-state index in [0.717, 1.165) is 40.4 Å². The van der Waals surface area contributed by atoms with Gasteiger partial charge in [0, 0.05) is 0 Å². The largest absolute Gasteiger partial charge is 0.0651 e. The van der Waals surface area contributed by atoms with Gasteiger partial charge >= 0.3 is 0 Å². The van der Waals surface area contributed by atoms with Crippen LogP contribution in [0.3, 0.4) is 0 Å². The molecule has 0 heterocycles. The first kappa shape index (κ1) is 14.6. The summed E-state index contributed by atoms with van der Waals surface area (Å²) in [6.45, 7) is 7.78. The Hall–Kier alpha value is 0. The van der Waals surface area contributed by atoms with E-state index in [1.165, 1.54) is 19.3 Å². The van der Waals surface area contributed by atoms with E-state index in [2.05, 4.69) is 20.8 Å². The maximum atomic E-state index is 2.72. The molecule has 4 aliphatic carbocycles. The summed E-state index contributed by atoms with van der Waals surface area (Å²) in [4.78, 5) is 0. The quantitative estimate of drug-likeness (QED) is 0.520. The molecule has 0 spiro atoms. The molecule has 4 fully saturated rings. The summed E-state index contributed by atoms with van der Waals surface area (Å²) >= 11 is 0. The van der Waals surface area contributed by atoms with Crippen molar-refractivity contribution in [3.8, 4) is 0 Å². The molecule has 120 valence electrons. The Labute approximate surface area is 132 Å². The number of fused-ring (bicyclic) bond motifs is 5. The maximum absolute atomic E-state index is 2.72. The van der Waals surface area contributed by atoms with Gasteiger partial charge < -0.3 is 0 Å². The highest BCUT2D eigenvalue weighted by atomic mass is 14.6. The Morgan fingerprint density at radius 3 is 2.52 bits per heavy atom. The fraction of sp³-hybridized carbons (Fsp3) is 1.00. The van der Waals surface area contributed by atoms with Gasteiger partial charge in [0.15, 0.2) is 0 Å². The summed E-state index contributed by atoms with van der Waals surface area (Å²) in [5, 5.41) is 0. The van der Waals surface area contributed by atoms with E-state index in [-0.39, 0.29) is 0 Å². The van der Waals surface area contributed by atoms with Crippen LogP contribution in [0.5, 0.6) is 0 Å². The molecule has 0 nitrogen and oxygen atoms in total. The average molecular weight is 289 g/mol. The minimum Gasteiger partial charge on any atom is -0.0651 e. The van der Waals surface area contributed by atoms with Gasteiger partial charge in [-0.15, -0.1) is 0 Å². The zero-order chi connectivity index (χ0) is 14.7. The molecule has 0 radical (unpaired) electrons. The first-order chi connectivity index (χ1) is 10.1. The van der Waals surface area contributed by atoms with E-state index in [1.807, 2.05) is 0 Å². The highest BCUT2D eigenvalue weighted by molar-refractivity contribution is 5.07. The second kappa shape index (κ2) is 5.00. The van der Waals surface area contributed by atoms with Gasteiger partial charge in [0.05, 0.1) is 0 Å². The van der Waals surface area contributed by atoms with Crippen LogP contribution in [0.4, 0.5) is 0 Å². The van der Waals surface area contributed by atoms with Crippen LogP contribution >= 0.6 is 0 Å². The van der Waals surface area contributed by atoms with Gasteiger partial charge in [0.2, 0.25) is 0 Å². The molecule has 4 rings (SSSR count). The van der Waals surface area contributed by atoms with E-state index in [4.69, 9.17) is 0 Å². The van der Waals surface area contributed by atoms with Gasteiger partial charge in [0.1, 0.15) is 0 Å². The third-order valence-corrected chi connectivity index (χ3v) is 9.13. The summed E-state index contributed by atoms with van der Waals surface area (Å²) in [6.07, 6.45) is 17.0. The summed E-state index contributed by atoms with van der Waals surface area (Å²) in [6, 6.07) is 0. The van der Waals surface area contributed by atoms with Gasteiger partial charge in [-0.3, -0.25) is 0 Å².